The first-order valence-corrected chi connectivity index (χ1v) is 12.9. The number of rotatable bonds is 7. The fourth-order valence-electron chi connectivity index (χ4n) is 5.10. The number of benzene rings is 1. The van der Waals surface area contributed by atoms with Crippen molar-refractivity contribution in [1.29, 1.82) is 0 Å². The van der Waals surface area contributed by atoms with E-state index < -0.39 is 5.60 Å². The molecule has 0 unspecified atom stereocenters. The molecule has 37 heavy (non-hydrogen) atoms. The summed E-state index contributed by atoms with van der Waals surface area (Å²) in [6.07, 6.45) is 9.04. The first-order chi connectivity index (χ1) is 17.9. The van der Waals surface area contributed by atoms with E-state index in [4.69, 9.17) is 14.8 Å². The molecule has 8 nitrogen and oxygen atoms in total. The molecule has 2 aliphatic rings. The fourth-order valence-corrected chi connectivity index (χ4v) is 5.10. The Kier molecular flexibility index (Phi) is 6.32. The standard InChI is InChI=1S/C29H32N6O2/c1-29(2,36)19-35-16-25(28(33-35)22-4-3-9-30-14-22)26-7-10-31-27(32-26)13-20-5-6-23-15-34(24-17-37-18-24)11-8-21(23)12-20/h3-7,9-10,12,14,16,24,36H,8,11,13,15,17-19H2,1-2H3. The maximum atomic E-state index is 10.4. The lowest BCUT2D eigenvalue weighted by molar-refractivity contribution is -0.0695. The lowest BCUT2D eigenvalue weighted by Crippen LogP contribution is -2.50. The van der Waals surface area contributed by atoms with Gasteiger partial charge in [0.05, 0.1) is 37.1 Å². The van der Waals surface area contributed by atoms with E-state index in [2.05, 4.69) is 33.1 Å². The van der Waals surface area contributed by atoms with Crippen LogP contribution in [-0.2, 0) is 30.7 Å². The normalized spacial score (nSPS) is 16.4. The van der Waals surface area contributed by atoms with E-state index in [0.29, 0.717) is 19.0 Å². The van der Waals surface area contributed by atoms with Gasteiger partial charge in [0.25, 0.3) is 0 Å². The maximum absolute atomic E-state index is 10.4. The molecule has 0 saturated carbocycles. The van der Waals surface area contributed by atoms with Gasteiger partial charge in [0.2, 0.25) is 0 Å². The average molecular weight is 497 g/mol. The van der Waals surface area contributed by atoms with Gasteiger partial charge in [-0.15, -0.1) is 0 Å². The first-order valence-electron chi connectivity index (χ1n) is 12.9. The number of hydrogen-bond donors (Lipinski definition) is 1. The van der Waals surface area contributed by atoms with Crippen molar-refractivity contribution in [3.63, 3.8) is 0 Å². The van der Waals surface area contributed by atoms with Crippen LogP contribution in [0.3, 0.4) is 0 Å². The Bertz CT molecular complexity index is 1390. The van der Waals surface area contributed by atoms with Gasteiger partial charge < -0.3 is 9.84 Å². The van der Waals surface area contributed by atoms with Gasteiger partial charge in [-0.2, -0.15) is 5.10 Å². The Morgan fingerprint density at radius 1 is 1.11 bits per heavy atom. The molecule has 6 rings (SSSR count). The van der Waals surface area contributed by atoms with Crippen molar-refractivity contribution in [2.24, 2.45) is 0 Å². The zero-order valence-corrected chi connectivity index (χ0v) is 21.3. The second-order valence-electron chi connectivity index (χ2n) is 10.7. The van der Waals surface area contributed by atoms with E-state index in [9.17, 15) is 5.11 Å². The third-order valence-corrected chi connectivity index (χ3v) is 7.04. The van der Waals surface area contributed by atoms with Crippen LogP contribution in [-0.4, -0.2) is 66.1 Å². The highest BCUT2D eigenvalue weighted by atomic mass is 16.5. The van der Waals surface area contributed by atoms with Crippen LogP contribution in [0.4, 0.5) is 0 Å². The molecular weight excluding hydrogens is 464 g/mol. The highest BCUT2D eigenvalue weighted by molar-refractivity contribution is 5.78. The van der Waals surface area contributed by atoms with Gasteiger partial charge in [-0.05, 0) is 55.2 Å². The largest absolute Gasteiger partial charge is 0.389 e. The number of pyridine rings is 1. The van der Waals surface area contributed by atoms with Gasteiger partial charge >= 0.3 is 0 Å². The van der Waals surface area contributed by atoms with E-state index >= 15 is 0 Å². The Morgan fingerprint density at radius 3 is 2.76 bits per heavy atom. The summed E-state index contributed by atoms with van der Waals surface area (Å²) in [6.45, 7) is 7.74. The van der Waals surface area contributed by atoms with Crippen LogP contribution in [0.15, 0.2) is 61.2 Å². The summed E-state index contributed by atoms with van der Waals surface area (Å²) in [5, 5.41) is 15.1. The van der Waals surface area contributed by atoms with Gasteiger partial charge in [-0.1, -0.05) is 18.2 Å². The molecule has 0 amide bonds. The molecule has 2 aliphatic heterocycles. The number of fused-ring (bicyclic) bond motifs is 1. The summed E-state index contributed by atoms with van der Waals surface area (Å²) in [5.41, 5.74) is 6.58. The molecular formula is C29H32N6O2. The second-order valence-corrected chi connectivity index (χ2v) is 10.7. The number of aliphatic hydroxyl groups is 1. The lowest BCUT2D eigenvalue weighted by Gasteiger charge is -2.40. The van der Waals surface area contributed by atoms with Gasteiger partial charge in [0.1, 0.15) is 11.5 Å². The topological polar surface area (TPSA) is 89.2 Å². The van der Waals surface area contributed by atoms with Crippen LogP contribution in [0.25, 0.3) is 22.5 Å². The minimum atomic E-state index is -0.887. The Hall–Kier alpha value is -3.46. The van der Waals surface area contributed by atoms with Crippen molar-refractivity contribution in [3.8, 4) is 22.5 Å². The van der Waals surface area contributed by atoms with Crippen LogP contribution in [0.5, 0.6) is 0 Å². The molecule has 1 saturated heterocycles. The molecule has 0 aliphatic carbocycles. The number of aromatic nitrogens is 5. The Morgan fingerprint density at radius 2 is 2.00 bits per heavy atom. The number of hydrogen-bond acceptors (Lipinski definition) is 7. The van der Waals surface area contributed by atoms with Crippen LogP contribution in [0, 0.1) is 0 Å². The van der Waals surface area contributed by atoms with Crippen molar-refractivity contribution in [2.45, 2.75) is 51.4 Å². The predicted octanol–water partition coefficient (Wildman–Crippen LogP) is 3.52. The summed E-state index contributed by atoms with van der Waals surface area (Å²) >= 11 is 0. The Balaban J connectivity index is 1.26. The molecule has 0 spiro atoms. The highest BCUT2D eigenvalue weighted by Crippen LogP contribution is 2.30. The summed E-state index contributed by atoms with van der Waals surface area (Å²) in [7, 11) is 0. The van der Waals surface area contributed by atoms with Crippen molar-refractivity contribution in [3.05, 3.63) is 83.7 Å². The van der Waals surface area contributed by atoms with Gasteiger partial charge in [-0.25, -0.2) is 9.97 Å². The monoisotopic (exact) mass is 496 g/mol. The van der Waals surface area contributed by atoms with Crippen LogP contribution in [0.1, 0.15) is 36.4 Å². The second kappa shape index (κ2) is 9.78. The van der Waals surface area contributed by atoms with Crippen molar-refractivity contribution in [1.82, 2.24) is 29.6 Å². The zero-order chi connectivity index (χ0) is 25.4. The molecule has 0 atom stereocenters. The minimum Gasteiger partial charge on any atom is -0.389 e. The van der Waals surface area contributed by atoms with E-state index in [-0.39, 0.29) is 0 Å². The number of ether oxygens (including phenoxy) is 1. The van der Waals surface area contributed by atoms with E-state index in [1.165, 1.54) is 16.7 Å². The van der Waals surface area contributed by atoms with Crippen molar-refractivity contribution >= 4 is 0 Å². The number of nitrogens with zero attached hydrogens (tertiary/aromatic N) is 6. The molecule has 5 heterocycles. The minimum absolute atomic E-state index is 0.374. The fraction of sp³-hybridized carbons (Fsp3) is 0.379. The summed E-state index contributed by atoms with van der Waals surface area (Å²) in [4.78, 5) is 16.3. The van der Waals surface area contributed by atoms with Crippen LogP contribution < -0.4 is 0 Å². The molecule has 0 radical (unpaired) electrons. The zero-order valence-electron chi connectivity index (χ0n) is 21.3. The van der Waals surface area contributed by atoms with Crippen molar-refractivity contribution in [2.75, 3.05) is 19.8 Å². The Labute approximate surface area is 217 Å². The van der Waals surface area contributed by atoms with E-state index in [1.54, 1.807) is 30.9 Å². The molecule has 1 fully saturated rings. The van der Waals surface area contributed by atoms with E-state index in [1.807, 2.05) is 30.6 Å². The third-order valence-electron chi connectivity index (χ3n) is 7.04. The molecule has 0 bridgehead atoms. The van der Waals surface area contributed by atoms with Gasteiger partial charge in [0.15, 0.2) is 0 Å². The summed E-state index contributed by atoms with van der Waals surface area (Å²) in [5.74, 6) is 0.772. The predicted molar refractivity (Wildman–Crippen MR) is 141 cm³/mol. The molecule has 3 aromatic heterocycles. The van der Waals surface area contributed by atoms with E-state index in [0.717, 1.165) is 61.1 Å². The summed E-state index contributed by atoms with van der Waals surface area (Å²) in [6, 6.07) is 13.2. The molecule has 8 heteroatoms. The average Bonchev–Trinajstić information content (AvgIpc) is 3.26. The molecule has 1 N–H and O–H groups in total. The maximum Gasteiger partial charge on any atom is 0.133 e. The molecule has 4 aromatic rings. The molecule has 190 valence electrons. The quantitative estimate of drug-likeness (QED) is 0.419. The van der Waals surface area contributed by atoms with Crippen LogP contribution in [0.2, 0.25) is 0 Å². The highest BCUT2D eigenvalue weighted by Gasteiger charge is 2.28. The third kappa shape index (κ3) is 5.32. The van der Waals surface area contributed by atoms with Gasteiger partial charge in [-0.3, -0.25) is 14.6 Å². The molecule has 1 aromatic carbocycles. The smallest absolute Gasteiger partial charge is 0.133 e. The first kappa shape index (κ1) is 23.9. The van der Waals surface area contributed by atoms with Crippen molar-refractivity contribution < 1.29 is 9.84 Å². The SMILES string of the molecule is CC(C)(O)Cn1cc(-c2ccnc(Cc3ccc4c(c3)CCN(C3COC3)C4)n2)c(-c2cccnc2)n1. The van der Waals surface area contributed by atoms with Crippen LogP contribution >= 0.6 is 0 Å². The summed E-state index contributed by atoms with van der Waals surface area (Å²) < 4.78 is 7.16. The van der Waals surface area contributed by atoms with Gasteiger partial charge in [0, 0.05) is 55.4 Å². The lowest BCUT2D eigenvalue weighted by atomic mass is 9.95.